The number of benzene rings is 1. The van der Waals surface area contributed by atoms with Crippen molar-refractivity contribution in [1.29, 1.82) is 0 Å². The number of carboxylic acid groups (broad SMARTS) is 1. The number of hydrogen-bond acceptors (Lipinski definition) is 5. The molecule has 0 fully saturated rings. The van der Waals surface area contributed by atoms with Gasteiger partial charge < -0.3 is 23.9 Å². The van der Waals surface area contributed by atoms with Crippen molar-refractivity contribution in [2.45, 2.75) is 25.8 Å². The largest absolute Gasteiger partial charge is 0.493 e. The Kier molecular flexibility index (Phi) is 4.88. The van der Waals surface area contributed by atoms with E-state index in [1.807, 2.05) is 6.07 Å². The number of aryl methyl sites for hydroxylation is 1. The average Bonchev–Trinajstić information content (AvgIpc) is 3.05. The van der Waals surface area contributed by atoms with Gasteiger partial charge in [0.05, 0.1) is 38.5 Å². The van der Waals surface area contributed by atoms with Crippen molar-refractivity contribution in [2.75, 3.05) is 20.8 Å². The van der Waals surface area contributed by atoms with Crippen LogP contribution in [0.4, 0.5) is 0 Å². The maximum absolute atomic E-state index is 13.0. The molecule has 1 aromatic heterocycles. The molecule has 1 aliphatic rings. The molecule has 1 amide bonds. The summed E-state index contributed by atoms with van der Waals surface area (Å²) in [5, 5.41) is 9.39. The van der Waals surface area contributed by atoms with E-state index in [9.17, 15) is 14.7 Å². The molecule has 7 nitrogen and oxygen atoms in total. The molecular weight excluding hydrogens is 338 g/mol. The molecule has 0 unspecified atom stereocenters. The third kappa shape index (κ3) is 3.12. The predicted molar refractivity (Wildman–Crippen MR) is 92.7 cm³/mol. The number of carboxylic acids is 1. The second-order valence-corrected chi connectivity index (χ2v) is 6.16. The number of hydrogen-bond donors (Lipinski definition) is 1. The number of aliphatic carboxylic acids is 1. The molecule has 2 aromatic rings. The fourth-order valence-corrected chi connectivity index (χ4v) is 3.42. The van der Waals surface area contributed by atoms with E-state index in [0.717, 1.165) is 11.1 Å². The van der Waals surface area contributed by atoms with Gasteiger partial charge in [0.1, 0.15) is 5.76 Å². The highest BCUT2D eigenvalue weighted by molar-refractivity contribution is 5.95. The number of fused-ring (bicyclic) bond motifs is 1. The molecule has 2 heterocycles. The summed E-state index contributed by atoms with van der Waals surface area (Å²) in [6.45, 7) is 2.13. The van der Waals surface area contributed by atoms with Crippen LogP contribution in [0.25, 0.3) is 0 Å². The Morgan fingerprint density at radius 1 is 1.27 bits per heavy atom. The highest BCUT2D eigenvalue weighted by atomic mass is 16.5. The second-order valence-electron chi connectivity index (χ2n) is 6.16. The summed E-state index contributed by atoms with van der Waals surface area (Å²) in [6.07, 6.45) is 1.88. The van der Waals surface area contributed by atoms with E-state index in [1.54, 1.807) is 31.1 Å². The first kappa shape index (κ1) is 17.8. The van der Waals surface area contributed by atoms with E-state index in [0.29, 0.717) is 35.8 Å². The first-order valence-electron chi connectivity index (χ1n) is 8.28. The Hall–Kier alpha value is -2.96. The highest BCUT2D eigenvalue weighted by Gasteiger charge is 2.35. The van der Waals surface area contributed by atoms with Crippen LogP contribution >= 0.6 is 0 Å². The van der Waals surface area contributed by atoms with Gasteiger partial charge in [0.25, 0.3) is 5.91 Å². The summed E-state index contributed by atoms with van der Waals surface area (Å²) in [5.41, 5.74) is 2.18. The Morgan fingerprint density at radius 3 is 2.54 bits per heavy atom. The molecule has 0 saturated carbocycles. The SMILES string of the molecule is COc1cc2c(cc1OC)[C@@H](CC(=O)O)N(C(=O)c1ccoc1C)CC2. The normalized spacial score (nSPS) is 16.1. The van der Waals surface area contributed by atoms with Gasteiger partial charge in [-0.3, -0.25) is 9.59 Å². The molecular formula is C19H21NO6. The maximum Gasteiger partial charge on any atom is 0.305 e. The van der Waals surface area contributed by atoms with E-state index < -0.39 is 12.0 Å². The van der Waals surface area contributed by atoms with Crippen molar-refractivity contribution in [3.63, 3.8) is 0 Å². The summed E-state index contributed by atoms with van der Waals surface area (Å²) in [4.78, 5) is 26.0. The van der Waals surface area contributed by atoms with Crippen molar-refractivity contribution in [2.24, 2.45) is 0 Å². The van der Waals surface area contributed by atoms with Gasteiger partial charge in [0, 0.05) is 6.54 Å². The quantitative estimate of drug-likeness (QED) is 0.883. The van der Waals surface area contributed by atoms with Crippen molar-refractivity contribution >= 4 is 11.9 Å². The molecule has 7 heteroatoms. The molecule has 3 rings (SSSR count). The number of carbonyl (C=O) groups excluding carboxylic acids is 1. The first-order valence-corrected chi connectivity index (χ1v) is 8.28. The van der Waals surface area contributed by atoms with E-state index in [1.165, 1.54) is 13.4 Å². The topological polar surface area (TPSA) is 89.2 Å². The minimum atomic E-state index is -0.973. The van der Waals surface area contributed by atoms with Crippen LogP contribution in [0.3, 0.4) is 0 Å². The molecule has 0 saturated heterocycles. The number of nitrogens with zero attached hydrogens (tertiary/aromatic N) is 1. The first-order chi connectivity index (χ1) is 12.5. The molecule has 0 aliphatic carbocycles. The lowest BCUT2D eigenvalue weighted by atomic mass is 9.89. The molecule has 1 aliphatic heterocycles. The zero-order valence-electron chi connectivity index (χ0n) is 14.9. The average molecular weight is 359 g/mol. The molecule has 0 spiro atoms. The Morgan fingerprint density at radius 2 is 1.96 bits per heavy atom. The number of rotatable bonds is 5. The van der Waals surface area contributed by atoms with Gasteiger partial charge in [0.2, 0.25) is 0 Å². The lowest BCUT2D eigenvalue weighted by molar-refractivity contribution is -0.138. The Balaban J connectivity index is 2.05. The van der Waals surface area contributed by atoms with Gasteiger partial charge >= 0.3 is 5.97 Å². The standard InChI is InChI=1S/C19H21NO6/c1-11-13(5-7-26-11)19(23)20-6-4-12-8-16(24-2)17(25-3)9-14(12)15(20)10-18(21)22/h5,7-9,15H,4,6,10H2,1-3H3,(H,21,22)/t15-/m1/s1. The van der Waals surface area contributed by atoms with E-state index in [4.69, 9.17) is 13.9 Å². The molecule has 138 valence electrons. The molecule has 26 heavy (non-hydrogen) atoms. The number of furan rings is 1. The van der Waals surface area contributed by atoms with Crippen LogP contribution in [-0.4, -0.2) is 42.6 Å². The van der Waals surface area contributed by atoms with Crippen LogP contribution in [0.15, 0.2) is 28.9 Å². The van der Waals surface area contributed by atoms with E-state index in [-0.39, 0.29) is 12.3 Å². The minimum absolute atomic E-state index is 0.189. The highest BCUT2D eigenvalue weighted by Crippen LogP contribution is 2.40. The third-order valence-electron chi connectivity index (χ3n) is 4.72. The van der Waals surface area contributed by atoms with Crippen molar-refractivity contribution < 1.29 is 28.6 Å². The molecule has 1 aromatic carbocycles. The van der Waals surface area contributed by atoms with Crippen LogP contribution in [0.1, 0.15) is 39.7 Å². The van der Waals surface area contributed by atoms with Gasteiger partial charge in [0.15, 0.2) is 11.5 Å². The minimum Gasteiger partial charge on any atom is -0.493 e. The van der Waals surface area contributed by atoms with Crippen LogP contribution in [0, 0.1) is 6.92 Å². The summed E-state index contributed by atoms with van der Waals surface area (Å²) in [6, 6.07) is 4.65. The lowest BCUT2D eigenvalue weighted by Crippen LogP contribution is -2.41. The monoisotopic (exact) mass is 359 g/mol. The Bertz CT molecular complexity index is 841. The zero-order chi connectivity index (χ0) is 18.8. The van der Waals surface area contributed by atoms with Gasteiger partial charge in [-0.25, -0.2) is 0 Å². The zero-order valence-corrected chi connectivity index (χ0v) is 14.9. The number of methoxy groups -OCH3 is 2. The summed E-state index contributed by atoms with van der Waals surface area (Å²) < 4.78 is 15.9. The van der Waals surface area contributed by atoms with Crippen LogP contribution in [0.2, 0.25) is 0 Å². The van der Waals surface area contributed by atoms with Gasteiger partial charge in [-0.2, -0.15) is 0 Å². The van der Waals surface area contributed by atoms with E-state index >= 15 is 0 Å². The van der Waals surface area contributed by atoms with Crippen molar-refractivity contribution in [3.05, 3.63) is 46.9 Å². The molecule has 1 N–H and O–H groups in total. The maximum atomic E-state index is 13.0. The fraction of sp³-hybridized carbons (Fsp3) is 0.368. The van der Waals surface area contributed by atoms with Gasteiger partial charge in [-0.1, -0.05) is 0 Å². The fourth-order valence-electron chi connectivity index (χ4n) is 3.42. The second kappa shape index (κ2) is 7.11. The van der Waals surface area contributed by atoms with E-state index in [2.05, 4.69) is 0 Å². The van der Waals surface area contributed by atoms with Crippen LogP contribution in [0.5, 0.6) is 11.5 Å². The third-order valence-corrected chi connectivity index (χ3v) is 4.72. The van der Waals surface area contributed by atoms with Crippen LogP contribution < -0.4 is 9.47 Å². The lowest BCUT2D eigenvalue weighted by Gasteiger charge is -2.37. The smallest absolute Gasteiger partial charge is 0.305 e. The van der Waals surface area contributed by atoms with Gasteiger partial charge in [-0.15, -0.1) is 0 Å². The molecule has 0 bridgehead atoms. The number of ether oxygens (including phenoxy) is 2. The number of amides is 1. The van der Waals surface area contributed by atoms with Gasteiger partial charge in [-0.05, 0) is 42.7 Å². The number of carbonyl (C=O) groups is 2. The Labute approximate surface area is 151 Å². The summed E-state index contributed by atoms with van der Waals surface area (Å²) in [7, 11) is 3.08. The van der Waals surface area contributed by atoms with Crippen molar-refractivity contribution in [3.8, 4) is 11.5 Å². The summed E-state index contributed by atoms with van der Waals surface area (Å²) >= 11 is 0. The van der Waals surface area contributed by atoms with Crippen LogP contribution in [-0.2, 0) is 11.2 Å². The van der Waals surface area contributed by atoms with Crippen molar-refractivity contribution in [1.82, 2.24) is 4.90 Å². The molecule has 0 radical (unpaired) electrons. The summed E-state index contributed by atoms with van der Waals surface area (Å²) in [5.74, 6) is 0.408. The predicted octanol–water partition coefficient (Wildman–Crippen LogP) is 2.82. The molecule has 1 atom stereocenters.